The number of nitrogens with one attached hydrogen (secondary N) is 1. The summed E-state index contributed by atoms with van der Waals surface area (Å²) >= 11 is 0. The predicted molar refractivity (Wildman–Crippen MR) is 113 cm³/mol. The van der Waals surface area contributed by atoms with E-state index in [1.54, 1.807) is 61.7 Å². The van der Waals surface area contributed by atoms with Crippen molar-refractivity contribution in [2.75, 3.05) is 19.0 Å². The molecule has 3 aromatic carbocycles. The van der Waals surface area contributed by atoms with Gasteiger partial charge in [-0.2, -0.15) is 0 Å². The van der Waals surface area contributed by atoms with Crippen LogP contribution in [0, 0.1) is 0 Å². The Bertz CT molecular complexity index is 978. The Hall–Kier alpha value is -3.86. The van der Waals surface area contributed by atoms with E-state index in [4.69, 9.17) is 9.47 Å². The van der Waals surface area contributed by atoms with Crippen LogP contribution in [0.5, 0.6) is 11.5 Å². The summed E-state index contributed by atoms with van der Waals surface area (Å²) < 4.78 is 10.6. The van der Waals surface area contributed by atoms with Gasteiger partial charge < -0.3 is 14.8 Å². The van der Waals surface area contributed by atoms with Crippen LogP contribution in [0.15, 0.2) is 84.9 Å². The van der Waals surface area contributed by atoms with Gasteiger partial charge in [0.25, 0.3) is 5.91 Å². The highest BCUT2D eigenvalue weighted by Crippen LogP contribution is 2.16. The molecule has 3 aromatic rings. The lowest BCUT2D eigenvalue weighted by atomic mass is 10.1. The van der Waals surface area contributed by atoms with Crippen molar-refractivity contribution >= 4 is 23.5 Å². The summed E-state index contributed by atoms with van der Waals surface area (Å²) in [6, 6.07) is 23.3. The molecule has 0 atom stereocenters. The Morgan fingerprint density at radius 1 is 0.862 bits per heavy atom. The zero-order valence-corrected chi connectivity index (χ0v) is 16.0. The fraction of sp³-hybridized carbons (Fsp3) is 0.0833. The topological polar surface area (TPSA) is 64.6 Å². The van der Waals surface area contributed by atoms with E-state index in [1.165, 1.54) is 6.08 Å². The summed E-state index contributed by atoms with van der Waals surface area (Å²) in [4.78, 5) is 24.2. The summed E-state index contributed by atoms with van der Waals surface area (Å²) in [6.07, 6.45) is 3.31. The van der Waals surface area contributed by atoms with Gasteiger partial charge in [-0.1, -0.05) is 36.4 Å². The number of hydrogen-bond donors (Lipinski definition) is 1. The average Bonchev–Trinajstić information content (AvgIpc) is 2.77. The molecule has 0 saturated carbocycles. The van der Waals surface area contributed by atoms with Crippen molar-refractivity contribution in [2.24, 2.45) is 0 Å². The Labute approximate surface area is 169 Å². The monoisotopic (exact) mass is 387 g/mol. The second-order valence-electron chi connectivity index (χ2n) is 6.20. The predicted octanol–water partition coefficient (Wildman–Crippen LogP) is 4.61. The second-order valence-corrected chi connectivity index (χ2v) is 6.20. The van der Waals surface area contributed by atoms with E-state index in [-0.39, 0.29) is 18.3 Å². The van der Waals surface area contributed by atoms with Crippen LogP contribution in [0.25, 0.3) is 6.08 Å². The van der Waals surface area contributed by atoms with E-state index in [2.05, 4.69) is 5.32 Å². The minimum absolute atomic E-state index is 0.0994. The lowest BCUT2D eigenvalue weighted by Crippen LogP contribution is -2.20. The molecule has 0 unspecified atom stereocenters. The number of amides is 1. The molecule has 0 fully saturated rings. The third-order valence-electron chi connectivity index (χ3n) is 4.11. The zero-order valence-electron chi connectivity index (χ0n) is 16.0. The summed E-state index contributed by atoms with van der Waals surface area (Å²) in [7, 11) is 1.58. The Morgan fingerprint density at radius 2 is 1.52 bits per heavy atom. The third-order valence-corrected chi connectivity index (χ3v) is 4.11. The average molecular weight is 387 g/mol. The van der Waals surface area contributed by atoms with Gasteiger partial charge in [-0.05, 0) is 60.2 Å². The van der Waals surface area contributed by atoms with Crippen molar-refractivity contribution in [3.8, 4) is 11.5 Å². The van der Waals surface area contributed by atoms with E-state index in [9.17, 15) is 9.59 Å². The number of ether oxygens (including phenoxy) is 2. The van der Waals surface area contributed by atoms with Gasteiger partial charge in [0.15, 0.2) is 12.4 Å². The largest absolute Gasteiger partial charge is 0.497 e. The maximum atomic E-state index is 12.2. The highest BCUT2D eigenvalue weighted by molar-refractivity contribution is 6.06. The third kappa shape index (κ3) is 6.07. The van der Waals surface area contributed by atoms with Gasteiger partial charge in [0.05, 0.1) is 7.11 Å². The van der Waals surface area contributed by atoms with Gasteiger partial charge in [0.2, 0.25) is 0 Å². The van der Waals surface area contributed by atoms with Crippen molar-refractivity contribution in [1.82, 2.24) is 0 Å². The summed E-state index contributed by atoms with van der Waals surface area (Å²) in [6.45, 7) is -0.132. The molecule has 3 rings (SSSR count). The number of carbonyl (C=O) groups is 2. The van der Waals surface area contributed by atoms with Crippen LogP contribution in [-0.2, 0) is 4.79 Å². The van der Waals surface area contributed by atoms with Gasteiger partial charge in [-0.25, -0.2) is 0 Å². The van der Waals surface area contributed by atoms with Crippen molar-refractivity contribution < 1.29 is 19.1 Å². The van der Waals surface area contributed by atoms with Crippen LogP contribution in [0.4, 0.5) is 5.69 Å². The van der Waals surface area contributed by atoms with Crippen LogP contribution in [0.3, 0.4) is 0 Å². The van der Waals surface area contributed by atoms with Crippen molar-refractivity contribution in [1.29, 1.82) is 0 Å². The van der Waals surface area contributed by atoms with Gasteiger partial charge in [-0.15, -0.1) is 0 Å². The quantitative estimate of drug-likeness (QED) is 0.453. The first-order chi connectivity index (χ1) is 14.1. The van der Waals surface area contributed by atoms with Gasteiger partial charge in [0, 0.05) is 11.3 Å². The normalized spacial score (nSPS) is 10.5. The number of anilines is 1. The number of hydrogen-bond acceptors (Lipinski definition) is 4. The zero-order chi connectivity index (χ0) is 20.5. The molecule has 1 N–H and O–H groups in total. The minimum atomic E-state index is -0.277. The maximum Gasteiger partial charge on any atom is 0.262 e. The lowest BCUT2D eigenvalue weighted by molar-refractivity contribution is -0.118. The maximum absolute atomic E-state index is 12.2. The van der Waals surface area contributed by atoms with Crippen LogP contribution >= 0.6 is 0 Å². The molecule has 0 aliphatic carbocycles. The highest BCUT2D eigenvalue weighted by atomic mass is 16.5. The second kappa shape index (κ2) is 9.90. The van der Waals surface area contributed by atoms with Gasteiger partial charge in [0.1, 0.15) is 11.5 Å². The fourth-order valence-corrected chi connectivity index (χ4v) is 2.57. The van der Waals surface area contributed by atoms with Gasteiger partial charge >= 0.3 is 0 Å². The molecule has 0 heterocycles. The van der Waals surface area contributed by atoms with Crippen LogP contribution < -0.4 is 14.8 Å². The number of benzene rings is 3. The van der Waals surface area contributed by atoms with Crippen LogP contribution in [0.2, 0.25) is 0 Å². The summed E-state index contributed by atoms with van der Waals surface area (Å²) in [5.41, 5.74) is 2.17. The SMILES string of the molecule is COc1ccc(NC(=O)COc2ccc(C(=O)/C=C/c3ccccc3)cc2)cc1. The lowest BCUT2D eigenvalue weighted by Gasteiger charge is -2.08. The van der Waals surface area contributed by atoms with E-state index in [0.29, 0.717) is 22.7 Å². The number of allylic oxidation sites excluding steroid dienone is 1. The molecular weight excluding hydrogens is 366 g/mol. The van der Waals surface area contributed by atoms with Crippen molar-refractivity contribution in [3.63, 3.8) is 0 Å². The molecule has 0 aliphatic rings. The highest BCUT2D eigenvalue weighted by Gasteiger charge is 2.06. The van der Waals surface area contributed by atoms with Crippen LogP contribution in [0.1, 0.15) is 15.9 Å². The van der Waals surface area contributed by atoms with Crippen molar-refractivity contribution in [3.05, 3.63) is 96.1 Å². The molecule has 146 valence electrons. The molecule has 0 saturated heterocycles. The molecule has 0 radical (unpaired) electrons. The van der Waals surface area contributed by atoms with E-state index in [0.717, 1.165) is 5.56 Å². The molecule has 5 nitrogen and oxygen atoms in total. The first kappa shape index (κ1) is 19.9. The standard InChI is InChI=1S/C24H21NO4/c1-28-21-14-10-20(11-15-21)25-24(27)17-29-22-12-8-19(9-13-22)23(26)16-7-18-5-3-2-4-6-18/h2-16H,17H2,1H3,(H,25,27)/b16-7+. The van der Waals surface area contributed by atoms with Gasteiger partial charge in [-0.3, -0.25) is 9.59 Å². The summed E-state index contributed by atoms with van der Waals surface area (Å²) in [5.74, 6) is 0.852. The number of ketones is 1. The number of methoxy groups -OCH3 is 1. The van der Waals surface area contributed by atoms with E-state index >= 15 is 0 Å². The first-order valence-corrected chi connectivity index (χ1v) is 9.08. The molecule has 5 heteroatoms. The minimum Gasteiger partial charge on any atom is -0.497 e. The number of rotatable bonds is 8. The number of carbonyl (C=O) groups excluding carboxylic acids is 2. The Morgan fingerprint density at radius 3 is 2.17 bits per heavy atom. The van der Waals surface area contributed by atoms with E-state index in [1.807, 2.05) is 30.3 Å². The first-order valence-electron chi connectivity index (χ1n) is 9.08. The molecule has 1 amide bonds. The Kier molecular flexibility index (Phi) is 6.79. The molecule has 0 aliphatic heterocycles. The molecular formula is C24H21NO4. The summed E-state index contributed by atoms with van der Waals surface area (Å²) in [5, 5.41) is 2.74. The molecule has 0 bridgehead atoms. The van der Waals surface area contributed by atoms with Crippen molar-refractivity contribution in [2.45, 2.75) is 0 Å². The fourth-order valence-electron chi connectivity index (χ4n) is 2.57. The molecule has 0 aromatic heterocycles. The molecule has 29 heavy (non-hydrogen) atoms. The Balaban J connectivity index is 1.50. The van der Waals surface area contributed by atoms with Crippen LogP contribution in [-0.4, -0.2) is 25.4 Å². The van der Waals surface area contributed by atoms with E-state index < -0.39 is 0 Å². The smallest absolute Gasteiger partial charge is 0.262 e. The molecule has 0 spiro atoms.